The summed E-state index contributed by atoms with van der Waals surface area (Å²) in [6.07, 6.45) is -4.09. The minimum atomic E-state index is -4.12. The number of nitrogens with one attached hydrogen (secondary N) is 1. The van der Waals surface area contributed by atoms with Crippen LogP contribution in [0.5, 0.6) is 0 Å². The van der Waals surface area contributed by atoms with Crippen LogP contribution in [-0.4, -0.2) is 37.2 Å². The third-order valence-electron chi connectivity index (χ3n) is 2.46. The molecular formula is C8H13F3N2O. The zero-order valence-electron chi connectivity index (χ0n) is 7.90. The molecule has 1 aliphatic heterocycles. The minimum absolute atomic E-state index is 0.0108. The smallest absolute Gasteiger partial charge is 0.341 e. The number of halogens is 3. The van der Waals surface area contributed by atoms with Gasteiger partial charge in [-0.25, -0.2) is 4.79 Å². The van der Waals surface area contributed by atoms with Crippen molar-refractivity contribution in [2.75, 3.05) is 20.1 Å². The maximum Gasteiger partial charge on any atom is 0.391 e. The Balaban J connectivity index is 2.43. The number of urea groups is 1. The first-order valence-electron chi connectivity index (χ1n) is 4.48. The highest BCUT2D eigenvalue weighted by molar-refractivity contribution is 5.73. The molecule has 1 N–H and O–H groups in total. The average molecular weight is 210 g/mol. The van der Waals surface area contributed by atoms with Gasteiger partial charge >= 0.3 is 12.2 Å². The van der Waals surface area contributed by atoms with Crippen LogP contribution in [0.4, 0.5) is 18.0 Å². The van der Waals surface area contributed by atoms with Crippen LogP contribution in [0.25, 0.3) is 0 Å². The highest BCUT2D eigenvalue weighted by atomic mass is 19.4. The monoisotopic (exact) mass is 210 g/mol. The number of rotatable bonds is 0. The van der Waals surface area contributed by atoms with Gasteiger partial charge in [-0.2, -0.15) is 13.2 Å². The average Bonchev–Trinajstić information content (AvgIpc) is 2.15. The molecule has 1 aliphatic rings. The molecule has 14 heavy (non-hydrogen) atoms. The molecule has 6 heteroatoms. The van der Waals surface area contributed by atoms with Gasteiger partial charge < -0.3 is 10.2 Å². The number of hydrogen-bond donors (Lipinski definition) is 1. The molecule has 2 amide bonds. The second-order valence-corrected chi connectivity index (χ2v) is 3.36. The van der Waals surface area contributed by atoms with Gasteiger partial charge in [0.2, 0.25) is 0 Å². The number of alkyl halides is 3. The molecule has 0 aliphatic carbocycles. The van der Waals surface area contributed by atoms with Gasteiger partial charge in [-0.05, 0) is 12.8 Å². The van der Waals surface area contributed by atoms with Crippen molar-refractivity contribution in [2.45, 2.75) is 19.0 Å². The lowest BCUT2D eigenvalue weighted by atomic mass is 9.96. The van der Waals surface area contributed by atoms with E-state index in [0.29, 0.717) is 0 Å². The predicted molar refractivity (Wildman–Crippen MR) is 44.8 cm³/mol. The molecule has 0 aromatic rings. The molecule has 0 aromatic heterocycles. The van der Waals surface area contributed by atoms with Gasteiger partial charge in [-0.3, -0.25) is 0 Å². The van der Waals surface area contributed by atoms with Gasteiger partial charge in [0.05, 0.1) is 5.92 Å². The maximum absolute atomic E-state index is 12.2. The molecule has 0 aromatic carbocycles. The molecule has 0 atom stereocenters. The number of hydrogen-bond acceptors (Lipinski definition) is 1. The van der Waals surface area contributed by atoms with Crippen LogP contribution in [0.1, 0.15) is 12.8 Å². The van der Waals surface area contributed by atoms with Crippen LogP contribution < -0.4 is 5.32 Å². The fourth-order valence-corrected chi connectivity index (χ4v) is 1.57. The maximum atomic E-state index is 12.2. The van der Waals surface area contributed by atoms with E-state index in [1.165, 1.54) is 11.9 Å². The van der Waals surface area contributed by atoms with Crippen molar-refractivity contribution in [3.8, 4) is 0 Å². The summed E-state index contributed by atoms with van der Waals surface area (Å²) in [6.45, 7) is 0.369. The van der Waals surface area contributed by atoms with E-state index in [2.05, 4.69) is 5.32 Å². The number of likely N-dealkylation sites (tertiary alicyclic amines) is 1. The molecule has 0 saturated carbocycles. The van der Waals surface area contributed by atoms with Crippen molar-refractivity contribution in [1.29, 1.82) is 0 Å². The molecule has 3 nitrogen and oxygen atoms in total. The Morgan fingerprint density at radius 2 is 1.86 bits per heavy atom. The molecule has 0 unspecified atom stereocenters. The Kier molecular flexibility index (Phi) is 3.23. The Bertz CT molecular complexity index is 209. The first kappa shape index (κ1) is 11.1. The normalized spacial score (nSPS) is 19.6. The van der Waals surface area contributed by atoms with E-state index in [4.69, 9.17) is 0 Å². The predicted octanol–water partition coefficient (Wildman–Crippen LogP) is 1.60. The molecule has 1 saturated heterocycles. The van der Waals surface area contributed by atoms with Crippen molar-refractivity contribution in [1.82, 2.24) is 10.2 Å². The van der Waals surface area contributed by atoms with Gasteiger partial charge in [0.25, 0.3) is 0 Å². The minimum Gasteiger partial charge on any atom is -0.341 e. The Labute approximate surface area is 80.3 Å². The molecule has 0 bridgehead atoms. The second kappa shape index (κ2) is 4.06. The van der Waals surface area contributed by atoms with E-state index in [1.54, 1.807) is 0 Å². The van der Waals surface area contributed by atoms with E-state index >= 15 is 0 Å². The molecule has 1 heterocycles. The number of carbonyl (C=O) groups excluding carboxylic acids is 1. The second-order valence-electron chi connectivity index (χ2n) is 3.36. The van der Waals surface area contributed by atoms with Gasteiger partial charge in [0.15, 0.2) is 0 Å². The Hall–Kier alpha value is -0.940. The van der Waals surface area contributed by atoms with E-state index in [1.807, 2.05) is 0 Å². The third-order valence-corrected chi connectivity index (χ3v) is 2.46. The summed E-state index contributed by atoms with van der Waals surface area (Å²) < 4.78 is 36.7. The SMILES string of the molecule is CNC(=O)N1CCC(C(F)(F)F)CC1. The first-order chi connectivity index (χ1) is 6.45. The quantitative estimate of drug-likeness (QED) is 0.647. The summed E-state index contributed by atoms with van der Waals surface area (Å²) in [6, 6.07) is -0.300. The lowest BCUT2D eigenvalue weighted by Crippen LogP contribution is -2.45. The molecule has 0 radical (unpaired) electrons. The van der Waals surface area contributed by atoms with Gasteiger partial charge in [-0.1, -0.05) is 0 Å². The zero-order chi connectivity index (χ0) is 10.8. The number of nitrogens with zero attached hydrogens (tertiary/aromatic N) is 1. The third kappa shape index (κ3) is 2.52. The van der Waals surface area contributed by atoms with Gasteiger partial charge in [0.1, 0.15) is 0 Å². The van der Waals surface area contributed by atoms with Crippen molar-refractivity contribution < 1.29 is 18.0 Å². The van der Waals surface area contributed by atoms with Gasteiger partial charge in [0, 0.05) is 20.1 Å². The van der Waals surface area contributed by atoms with Crippen molar-refractivity contribution >= 4 is 6.03 Å². The van der Waals surface area contributed by atoms with Crippen molar-refractivity contribution in [3.05, 3.63) is 0 Å². The number of carbonyl (C=O) groups is 1. The first-order valence-corrected chi connectivity index (χ1v) is 4.48. The van der Waals surface area contributed by atoms with E-state index < -0.39 is 12.1 Å². The number of amides is 2. The summed E-state index contributed by atoms with van der Waals surface area (Å²) in [5.74, 6) is -1.25. The van der Waals surface area contributed by atoms with Crippen LogP contribution in [0.15, 0.2) is 0 Å². The highest BCUT2D eigenvalue weighted by Crippen LogP contribution is 2.33. The molecule has 82 valence electrons. The summed E-state index contributed by atoms with van der Waals surface area (Å²) in [4.78, 5) is 12.5. The van der Waals surface area contributed by atoms with Crippen LogP contribution >= 0.6 is 0 Å². The van der Waals surface area contributed by atoms with Crippen molar-refractivity contribution in [2.24, 2.45) is 5.92 Å². The fourth-order valence-electron chi connectivity index (χ4n) is 1.57. The lowest BCUT2D eigenvalue weighted by Gasteiger charge is -2.32. The summed E-state index contributed by atoms with van der Waals surface area (Å²) in [5, 5.41) is 2.39. The van der Waals surface area contributed by atoms with E-state index in [9.17, 15) is 18.0 Å². The summed E-state index contributed by atoms with van der Waals surface area (Å²) in [7, 11) is 1.47. The van der Waals surface area contributed by atoms with Crippen molar-refractivity contribution in [3.63, 3.8) is 0 Å². The summed E-state index contributed by atoms with van der Waals surface area (Å²) >= 11 is 0. The van der Waals surface area contributed by atoms with E-state index in [0.717, 1.165) is 0 Å². The Morgan fingerprint density at radius 3 is 2.21 bits per heavy atom. The van der Waals surface area contributed by atoms with Gasteiger partial charge in [-0.15, -0.1) is 0 Å². The topological polar surface area (TPSA) is 32.3 Å². The molecular weight excluding hydrogens is 197 g/mol. The van der Waals surface area contributed by atoms with Crippen LogP contribution in [0.2, 0.25) is 0 Å². The zero-order valence-corrected chi connectivity index (χ0v) is 7.90. The van der Waals surface area contributed by atoms with Crippen LogP contribution in [0, 0.1) is 5.92 Å². The molecule has 0 spiro atoms. The standard InChI is InChI=1S/C8H13F3N2O/c1-12-7(14)13-4-2-6(3-5-13)8(9,10)11/h6H,2-5H2,1H3,(H,12,14). The fraction of sp³-hybridized carbons (Fsp3) is 0.875. The highest BCUT2D eigenvalue weighted by Gasteiger charge is 2.41. The lowest BCUT2D eigenvalue weighted by molar-refractivity contribution is -0.183. The van der Waals surface area contributed by atoms with E-state index in [-0.39, 0.29) is 32.0 Å². The molecule has 1 rings (SSSR count). The largest absolute Gasteiger partial charge is 0.391 e. The Morgan fingerprint density at radius 1 is 1.36 bits per heavy atom. The molecule has 1 fully saturated rings. The van der Waals surface area contributed by atoms with Crippen LogP contribution in [0.3, 0.4) is 0 Å². The number of piperidine rings is 1. The summed E-state index contributed by atoms with van der Waals surface area (Å²) in [5.41, 5.74) is 0. The van der Waals surface area contributed by atoms with Crippen LogP contribution in [-0.2, 0) is 0 Å².